The maximum Gasteiger partial charge on any atom is 0.258 e. The second-order valence-corrected chi connectivity index (χ2v) is 8.54. The quantitative estimate of drug-likeness (QED) is 0.816. The zero-order chi connectivity index (χ0) is 20.8. The van der Waals surface area contributed by atoms with Crippen molar-refractivity contribution in [2.45, 2.75) is 38.5 Å². The first-order valence-corrected chi connectivity index (χ1v) is 10.7. The van der Waals surface area contributed by atoms with Crippen molar-refractivity contribution >= 4 is 12.0 Å². The molecule has 30 heavy (non-hydrogen) atoms. The summed E-state index contributed by atoms with van der Waals surface area (Å²) >= 11 is 0. The average Bonchev–Trinajstić information content (AvgIpc) is 3.31. The molecule has 6 heteroatoms. The molecule has 2 N–H and O–H groups in total. The lowest BCUT2D eigenvalue weighted by molar-refractivity contribution is -0.135. The number of nitrogens with zero attached hydrogens (tertiary/aromatic N) is 2. The molecule has 0 saturated carbocycles. The smallest absolute Gasteiger partial charge is 0.258 e. The number of aliphatic hydroxyl groups excluding tert-OH is 1. The molecule has 1 aromatic heterocycles. The molecule has 3 aliphatic heterocycles. The maximum atomic E-state index is 13.4. The Labute approximate surface area is 175 Å². The van der Waals surface area contributed by atoms with Gasteiger partial charge in [-0.15, -0.1) is 0 Å². The van der Waals surface area contributed by atoms with E-state index in [-0.39, 0.29) is 36.0 Å². The first-order valence-electron chi connectivity index (χ1n) is 10.7. The molecule has 0 spiro atoms. The van der Waals surface area contributed by atoms with Gasteiger partial charge in [-0.2, -0.15) is 0 Å². The lowest BCUT2D eigenvalue weighted by atomic mass is 9.87. The highest BCUT2D eigenvalue weighted by molar-refractivity contribution is 5.83. The highest BCUT2D eigenvalue weighted by Gasteiger charge is 2.51. The van der Waals surface area contributed by atoms with E-state index in [1.165, 1.54) is 11.1 Å². The van der Waals surface area contributed by atoms with Crippen molar-refractivity contribution in [3.05, 3.63) is 75.2 Å². The van der Waals surface area contributed by atoms with Crippen LogP contribution in [0.2, 0.25) is 0 Å². The van der Waals surface area contributed by atoms with Crippen molar-refractivity contribution < 1.29 is 9.90 Å². The van der Waals surface area contributed by atoms with Gasteiger partial charge in [0.2, 0.25) is 5.91 Å². The van der Waals surface area contributed by atoms with Crippen LogP contribution in [0.15, 0.2) is 47.3 Å². The van der Waals surface area contributed by atoms with Crippen LogP contribution in [0.25, 0.3) is 6.08 Å². The second-order valence-electron chi connectivity index (χ2n) is 8.54. The second kappa shape index (κ2) is 7.52. The predicted molar refractivity (Wildman–Crippen MR) is 115 cm³/mol. The van der Waals surface area contributed by atoms with Gasteiger partial charge in [-0.25, -0.2) is 0 Å². The number of benzene rings is 1. The molecule has 2 aromatic rings. The molecule has 0 radical (unpaired) electrons. The number of fused-ring (bicyclic) bond motifs is 4. The van der Waals surface area contributed by atoms with Crippen molar-refractivity contribution in [2.75, 3.05) is 13.2 Å². The van der Waals surface area contributed by atoms with Gasteiger partial charge in [-0.3, -0.25) is 14.9 Å². The molecule has 1 fully saturated rings. The number of carbonyl (C=O) groups excluding carboxylic acids is 1. The van der Waals surface area contributed by atoms with Crippen molar-refractivity contribution in [3.63, 3.8) is 0 Å². The number of aliphatic hydroxyl groups is 1. The highest BCUT2D eigenvalue weighted by Crippen LogP contribution is 2.43. The van der Waals surface area contributed by atoms with E-state index < -0.39 is 6.04 Å². The summed E-state index contributed by atoms with van der Waals surface area (Å²) < 4.78 is 1.80. The van der Waals surface area contributed by atoms with E-state index in [1.807, 2.05) is 48.2 Å². The molecule has 1 saturated heterocycles. The summed E-state index contributed by atoms with van der Waals surface area (Å²) in [4.78, 5) is 28.1. The van der Waals surface area contributed by atoms with Gasteiger partial charge in [0.1, 0.15) is 0 Å². The molecule has 4 atom stereocenters. The van der Waals surface area contributed by atoms with E-state index in [0.29, 0.717) is 25.2 Å². The Kier molecular flexibility index (Phi) is 4.83. The van der Waals surface area contributed by atoms with Crippen molar-refractivity contribution in [2.24, 2.45) is 11.8 Å². The summed E-state index contributed by atoms with van der Waals surface area (Å²) in [5, 5.41) is 13.6. The monoisotopic (exact) mass is 405 g/mol. The molecule has 6 nitrogen and oxygen atoms in total. The number of rotatable bonds is 3. The highest BCUT2D eigenvalue weighted by atomic mass is 16.3. The number of allylic oxidation sites excluding steroid dienone is 1. The summed E-state index contributed by atoms with van der Waals surface area (Å²) in [6, 6.07) is 11.6. The van der Waals surface area contributed by atoms with Crippen LogP contribution in [-0.4, -0.2) is 39.7 Å². The fourth-order valence-corrected chi connectivity index (χ4v) is 5.44. The number of aromatic nitrogens is 1. The Balaban J connectivity index is 1.40. The summed E-state index contributed by atoms with van der Waals surface area (Å²) in [6.45, 7) is 3.67. The Morgan fingerprint density at radius 2 is 2.03 bits per heavy atom. The Hall–Kier alpha value is -2.70. The van der Waals surface area contributed by atoms with E-state index in [0.717, 1.165) is 12.1 Å². The first-order chi connectivity index (χ1) is 14.6. The van der Waals surface area contributed by atoms with E-state index >= 15 is 0 Å². The lowest BCUT2D eigenvalue weighted by Gasteiger charge is -2.33. The lowest BCUT2D eigenvalue weighted by Crippen LogP contribution is -2.49. The zero-order valence-corrected chi connectivity index (χ0v) is 17.1. The minimum atomic E-state index is -0.422. The summed E-state index contributed by atoms with van der Waals surface area (Å²) in [7, 11) is 0. The van der Waals surface area contributed by atoms with Gasteiger partial charge in [0, 0.05) is 49.3 Å². The van der Waals surface area contributed by atoms with Crippen molar-refractivity contribution in [3.8, 4) is 0 Å². The standard InChI is InChI=1S/C24H27N3O3/c1-2-5-16-8-9-20-21-18(13-27(20)23(16)29)19(14-28)22(25-21)24(30)26-11-10-15-6-3-4-7-17(15)12-26/h2-9,18-19,21-22,25,28H,10-14H2,1H3/b5-2+/t18-,19-,21+,22-/m1/s1. The number of hydrogen-bond acceptors (Lipinski definition) is 4. The van der Waals surface area contributed by atoms with Gasteiger partial charge in [0.05, 0.1) is 12.1 Å². The fraction of sp³-hybridized carbons (Fsp3) is 0.417. The number of nitrogens with one attached hydrogen (secondary N) is 1. The Morgan fingerprint density at radius 3 is 2.80 bits per heavy atom. The number of carbonyl (C=O) groups is 1. The van der Waals surface area contributed by atoms with Gasteiger partial charge in [-0.1, -0.05) is 36.4 Å². The van der Waals surface area contributed by atoms with Crippen LogP contribution in [0, 0.1) is 11.8 Å². The van der Waals surface area contributed by atoms with Crippen molar-refractivity contribution in [1.82, 2.24) is 14.8 Å². The molecule has 0 bridgehead atoms. The number of amides is 1. The summed E-state index contributed by atoms with van der Waals surface area (Å²) in [5.74, 6) is -0.115. The van der Waals surface area contributed by atoms with Crippen LogP contribution in [0.1, 0.15) is 35.3 Å². The number of hydrogen-bond donors (Lipinski definition) is 2. The van der Waals surface area contributed by atoms with Gasteiger partial charge in [0.25, 0.3) is 5.56 Å². The summed E-state index contributed by atoms with van der Waals surface area (Å²) in [6.07, 6.45) is 4.54. The predicted octanol–water partition coefficient (Wildman–Crippen LogP) is 1.72. The van der Waals surface area contributed by atoms with Gasteiger partial charge < -0.3 is 14.6 Å². The van der Waals surface area contributed by atoms with E-state index in [2.05, 4.69) is 17.4 Å². The van der Waals surface area contributed by atoms with E-state index in [9.17, 15) is 14.7 Å². The van der Waals surface area contributed by atoms with Crippen molar-refractivity contribution in [1.29, 1.82) is 0 Å². The molecular weight excluding hydrogens is 378 g/mol. The molecule has 1 amide bonds. The number of pyridine rings is 1. The van der Waals surface area contributed by atoms with Crippen LogP contribution < -0.4 is 10.9 Å². The first kappa shape index (κ1) is 19.3. The average molecular weight is 405 g/mol. The van der Waals surface area contributed by atoms with Gasteiger partial charge >= 0.3 is 0 Å². The molecule has 156 valence electrons. The Morgan fingerprint density at radius 1 is 1.23 bits per heavy atom. The van der Waals surface area contributed by atoms with Crippen LogP contribution in [-0.2, 0) is 24.3 Å². The van der Waals surface area contributed by atoms with Crippen LogP contribution in [0.4, 0.5) is 0 Å². The topological polar surface area (TPSA) is 74.6 Å². The van der Waals surface area contributed by atoms with Crippen LogP contribution >= 0.6 is 0 Å². The maximum absolute atomic E-state index is 13.4. The third-order valence-electron chi connectivity index (χ3n) is 6.98. The minimum absolute atomic E-state index is 0.00555. The minimum Gasteiger partial charge on any atom is -0.396 e. The largest absolute Gasteiger partial charge is 0.396 e. The van der Waals surface area contributed by atoms with Gasteiger partial charge in [-0.05, 0) is 36.6 Å². The molecule has 5 rings (SSSR count). The van der Waals surface area contributed by atoms with Crippen LogP contribution in [0.5, 0.6) is 0 Å². The normalized spacial score (nSPS) is 27.2. The molecular formula is C24H27N3O3. The van der Waals surface area contributed by atoms with Crippen LogP contribution in [0.3, 0.4) is 0 Å². The Bertz CT molecular complexity index is 1070. The molecule has 0 unspecified atom stereocenters. The molecule has 3 aliphatic rings. The molecule has 1 aromatic carbocycles. The SMILES string of the molecule is C/C=C/c1ccc2n(c1=O)C[C@@H]1[C@@H](CO)[C@H](C(=O)N3CCc4ccccc4C3)N[C@H]21. The molecule has 4 heterocycles. The third kappa shape index (κ3) is 2.94. The molecule has 0 aliphatic carbocycles. The van der Waals surface area contributed by atoms with Gasteiger partial charge in [0.15, 0.2) is 0 Å². The summed E-state index contributed by atoms with van der Waals surface area (Å²) in [5.41, 5.74) is 4.08. The van der Waals surface area contributed by atoms with E-state index in [4.69, 9.17) is 0 Å². The zero-order valence-electron chi connectivity index (χ0n) is 17.1. The third-order valence-corrected chi connectivity index (χ3v) is 6.98. The fourth-order valence-electron chi connectivity index (χ4n) is 5.44. The van der Waals surface area contributed by atoms with E-state index in [1.54, 1.807) is 4.57 Å².